The summed E-state index contributed by atoms with van der Waals surface area (Å²) in [6, 6.07) is 15.5. The lowest BCUT2D eigenvalue weighted by molar-refractivity contribution is -0.898. The Hall–Kier alpha value is -2.04. The molecule has 5 heteroatoms. The fraction of sp³-hybridized carbons (Fsp3) is 0.350. The maximum atomic E-state index is 12.4. The average Bonchev–Trinajstić information content (AvgIpc) is 2.63. The second-order valence-electron chi connectivity index (χ2n) is 6.44. The van der Waals surface area contributed by atoms with Crippen molar-refractivity contribution in [2.75, 3.05) is 42.9 Å². The van der Waals surface area contributed by atoms with Crippen LogP contribution in [0.15, 0.2) is 48.5 Å². The highest BCUT2D eigenvalue weighted by atomic mass is 35.5. The van der Waals surface area contributed by atoms with Gasteiger partial charge >= 0.3 is 0 Å². The normalized spacial score (nSPS) is 15.2. The van der Waals surface area contributed by atoms with Crippen molar-refractivity contribution in [3.63, 3.8) is 0 Å². The third-order valence-corrected chi connectivity index (χ3v) is 5.06. The van der Waals surface area contributed by atoms with Crippen LogP contribution in [0.3, 0.4) is 0 Å². The third kappa shape index (κ3) is 4.53. The van der Waals surface area contributed by atoms with E-state index in [1.54, 1.807) is 4.90 Å². The summed E-state index contributed by atoms with van der Waals surface area (Å²) < 4.78 is 0. The number of halogens is 1. The summed E-state index contributed by atoms with van der Waals surface area (Å²) in [6.07, 6.45) is 0.362. The Labute approximate surface area is 154 Å². The van der Waals surface area contributed by atoms with E-state index in [0.717, 1.165) is 49.7 Å². The van der Waals surface area contributed by atoms with Crippen molar-refractivity contribution in [3.8, 4) is 0 Å². The van der Waals surface area contributed by atoms with Gasteiger partial charge in [-0.3, -0.25) is 4.79 Å². The lowest BCUT2D eigenvalue weighted by Crippen LogP contribution is -3.14. The van der Waals surface area contributed by atoms with E-state index >= 15 is 0 Å². The minimum absolute atomic E-state index is 0.0208. The number of hydrogen-bond donors (Lipinski definition) is 2. The van der Waals surface area contributed by atoms with Crippen molar-refractivity contribution < 1.29 is 9.69 Å². The molecule has 0 aromatic heterocycles. The van der Waals surface area contributed by atoms with Gasteiger partial charge in [-0.2, -0.15) is 0 Å². The van der Waals surface area contributed by atoms with Crippen LogP contribution in [0.2, 0.25) is 5.02 Å². The first kappa shape index (κ1) is 17.8. The first-order chi connectivity index (χ1) is 12.2. The predicted octanol–water partition coefficient (Wildman–Crippen LogP) is 2.25. The SMILES string of the molecule is CC[NH+]1CCN(c2c(Cl)cccc2NC(=O)Cc2ccccc2)CC1. The van der Waals surface area contributed by atoms with E-state index in [4.69, 9.17) is 11.6 Å². The van der Waals surface area contributed by atoms with Gasteiger partial charge in [-0.05, 0) is 24.6 Å². The summed E-state index contributed by atoms with van der Waals surface area (Å²) in [5.74, 6) is -0.0208. The van der Waals surface area contributed by atoms with E-state index in [2.05, 4.69) is 17.1 Å². The molecule has 0 atom stereocenters. The molecule has 1 aliphatic rings. The molecule has 25 heavy (non-hydrogen) atoms. The van der Waals surface area contributed by atoms with Gasteiger partial charge in [-0.25, -0.2) is 0 Å². The molecule has 0 radical (unpaired) electrons. The van der Waals surface area contributed by atoms with E-state index in [0.29, 0.717) is 11.4 Å². The monoisotopic (exact) mass is 358 g/mol. The Morgan fingerprint density at radius 2 is 1.84 bits per heavy atom. The second kappa shape index (κ2) is 8.37. The number of carbonyl (C=O) groups is 1. The Morgan fingerprint density at radius 3 is 2.52 bits per heavy atom. The van der Waals surface area contributed by atoms with Crippen molar-refractivity contribution >= 4 is 28.9 Å². The van der Waals surface area contributed by atoms with Gasteiger partial charge in [0, 0.05) is 0 Å². The van der Waals surface area contributed by atoms with Crippen LogP contribution in [-0.2, 0) is 11.2 Å². The minimum atomic E-state index is -0.0208. The number of carbonyl (C=O) groups excluding carboxylic acids is 1. The van der Waals surface area contributed by atoms with Gasteiger partial charge in [0.2, 0.25) is 5.91 Å². The molecule has 3 rings (SSSR count). The van der Waals surface area contributed by atoms with Gasteiger partial charge in [0.25, 0.3) is 0 Å². The van der Waals surface area contributed by atoms with Gasteiger partial charge in [0.15, 0.2) is 0 Å². The van der Waals surface area contributed by atoms with Crippen LogP contribution in [0.5, 0.6) is 0 Å². The Balaban J connectivity index is 1.73. The smallest absolute Gasteiger partial charge is 0.228 e. The van der Waals surface area contributed by atoms with Gasteiger partial charge in [-0.1, -0.05) is 48.0 Å². The molecule has 0 bridgehead atoms. The van der Waals surface area contributed by atoms with Crippen LogP contribution in [0.1, 0.15) is 12.5 Å². The van der Waals surface area contributed by atoms with Gasteiger partial charge in [-0.15, -0.1) is 0 Å². The first-order valence-electron chi connectivity index (χ1n) is 8.88. The summed E-state index contributed by atoms with van der Waals surface area (Å²) >= 11 is 6.48. The van der Waals surface area contributed by atoms with Gasteiger partial charge in [0.05, 0.1) is 55.5 Å². The minimum Gasteiger partial charge on any atom is -0.357 e. The predicted molar refractivity (Wildman–Crippen MR) is 104 cm³/mol. The van der Waals surface area contributed by atoms with Crippen molar-refractivity contribution in [3.05, 3.63) is 59.1 Å². The lowest BCUT2D eigenvalue weighted by atomic mass is 10.1. The number of para-hydroxylation sites is 1. The van der Waals surface area contributed by atoms with Crippen LogP contribution in [-0.4, -0.2) is 38.6 Å². The van der Waals surface area contributed by atoms with Crippen molar-refractivity contribution in [1.29, 1.82) is 0 Å². The summed E-state index contributed by atoms with van der Waals surface area (Å²) in [7, 11) is 0. The number of hydrogen-bond acceptors (Lipinski definition) is 2. The number of nitrogens with zero attached hydrogens (tertiary/aromatic N) is 1. The Bertz CT molecular complexity index is 712. The molecule has 1 heterocycles. The molecule has 1 saturated heterocycles. The van der Waals surface area contributed by atoms with Crippen LogP contribution in [0, 0.1) is 0 Å². The first-order valence-corrected chi connectivity index (χ1v) is 9.26. The van der Waals surface area contributed by atoms with Crippen LogP contribution in [0.4, 0.5) is 11.4 Å². The molecule has 0 aliphatic carbocycles. The topological polar surface area (TPSA) is 36.8 Å². The Kier molecular flexibility index (Phi) is 5.95. The highest BCUT2D eigenvalue weighted by molar-refractivity contribution is 6.34. The van der Waals surface area contributed by atoms with E-state index in [-0.39, 0.29) is 5.91 Å². The molecule has 0 spiro atoms. The molecular formula is C20H25ClN3O+. The van der Waals surface area contributed by atoms with Gasteiger partial charge in [0.1, 0.15) is 0 Å². The summed E-state index contributed by atoms with van der Waals surface area (Å²) in [6.45, 7) is 7.47. The quantitative estimate of drug-likeness (QED) is 0.860. The molecule has 1 amide bonds. The summed E-state index contributed by atoms with van der Waals surface area (Å²) in [5.41, 5.74) is 2.75. The largest absolute Gasteiger partial charge is 0.357 e. The molecule has 132 valence electrons. The molecule has 4 nitrogen and oxygen atoms in total. The fourth-order valence-corrected chi connectivity index (χ4v) is 3.61. The summed E-state index contributed by atoms with van der Waals surface area (Å²) in [5, 5.41) is 3.74. The van der Waals surface area contributed by atoms with E-state index < -0.39 is 0 Å². The van der Waals surface area contributed by atoms with Crippen LogP contribution in [0.25, 0.3) is 0 Å². The standard InChI is InChI=1S/C20H24ClN3O/c1-2-23-11-13-24(14-12-23)20-17(21)9-6-10-18(20)22-19(25)15-16-7-4-3-5-8-16/h3-10H,2,11-15H2,1H3,(H,22,25)/p+1. The Morgan fingerprint density at radius 1 is 1.12 bits per heavy atom. The molecule has 1 fully saturated rings. The zero-order valence-corrected chi connectivity index (χ0v) is 15.4. The van der Waals surface area contributed by atoms with Crippen LogP contribution < -0.4 is 15.1 Å². The lowest BCUT2D eigenvalue weighted by Gasteiger charge is -2.34. The number of piperazine rings is 1. The van der Waals surface area contributed by atoms with Crippen molar-refractivity contribution in [2.45, 2.75) is 13.3 Å². The van der Waals surface area contributed by atoms with Gasteiger partial charge < -0.3 is 15.1 Å². The number of quaternary nitrogens is 1. The fourth-order valence-electron chi connectivity index (χ4n) is 3.31. The molecule has 1 aliphatic heterocycles. The molecule has 0 saturated carbocycles. The molecule has 2 aromatic carbocycles. The maximum Gasteiger partial charge on any atom is 0.228 e. The zero-order valence-electron chi connectivity index (χ0n) is 14.6. The zero-order chi connectivity index (χ0) is 17.6. The molecule has 0 unspecified atom stereocenters. The number of nitrogens with one attached hydrogen (secondary N) is 2. The number of anilines is 2. The maximum absolute atomic E-state index is 12.4. The number of benzene rings is 2. The van der Waals surface area contributed by atoms with Crippen molar-refractivity contribution in [1.82, 2.24) is 0 Å². The number of rotatable bonds is 5. The molecule has 2 N–H and O–H groups in total. The third-order valence-electron chi connectivity index (χ3n) is 4.76. The number of likely N-dealkylation sites (N-methyl/N-ethyl adjacent to an activating group) is 1. The molecular weight excluding hydrogens is 334 g/mol. The highest BCUT2D eigenvalue weighted by Crippen LogP contribution is 2.34. The second-order valence-corrected chi connectivity index (χ2v) is 6.84. The average molecular weight is 359 g/mol. The van der Waals surface area contributed by atoms with Crippen molar-refractivity contribution in [2.24, 2.45) is 0 Å². The molecule has 2 aromatic rings. The van der Waals surface area contributed by atoms with E-state index in [9.17, 15) is 4.79 Å². The van der Waals surface area contributed by atoms with E-state index in [1.165, 1.54) is 0 Å². The summed E-state index contributed by atoms with van der Waals surface area (Å²) in [4.78, 5) is 16.4. The van der Waals surface area contributed by atoms with E-state index in [1.807, 2.05) is 48.5 Å². The number of amides is 1. The van der Waals surface area contributed by atoms with Crippen LogP contribution >= 0.6 is 11.6 Å². The highest BCUT2D eigenvalue weighted by Gasteiger charge is 2.23.